The maximum absolute atomic E-state index is 3.21. The molecule has 0 rings (SSSR count). The maximum atomic E-state index is 3.21. The number of nitrogens with one attached hydrogen (secondary N) is 1. The van der Waals surface area contributed by atoms with Crippen LogP contribution >= 0.6 is 0 Å². The van der Waals surface area contributed by atoms with E-state index in [9.17, 15) is 0 Å². The molecule has 0 aliphatic rings. The summed E-state index contributed by atoms with van der Waals surface area (Å²) in [6.45, 7) is 7.60. The van der Waals surface area contributed by atoms with Gasteiger partial charge in [0.25, 0.3) is 0 Å². The lowest BCUT2D eigenvalue weighted by Crippen LogP contribution is -2.21. The molecule has 0 atom stereocenters. The molecular weight excluding hydrogens is 136 g/mol. The largest absolute Gasteiger partial charge is 0.391 e. The van der Waals surface area contributed by atoms with Crippen LogP contribution in [-0.2, 0) is 0 Å². The fourth-order valence-electron chi connectivity index (χ4n) is 0.810. The van der Waals surface area contributed by atoms with E-state index in [4.69, 9.17) is 0 Å². The first-order valence-electron chi connectivity index (χ1n) is 4.34. The topological polar surface area (TPSA) is 15.3 Å². The molecule has 1 N–H and O–H groups in total. The van der Waals surface area contributed by atoms with Gasteiger partial charge in [0.1, 0.15) is 0 Å². The van der Waals surface area contributed by atoms with Gasteiger partial charge >= 0.3 is 0 Å². The van der Waals surface area contributed by atoms with Crippen molar-refractivity contribution in [1.29, 1.82) is 0 Å². The van der Waals surface area contributed by atoms with Crippen molar-refractivity contribution in [3.63, 3.8) is 0 Å². The summed E-state index contributed by atoms with van der Waals surface area (Å²) in [5.41, 5.74) is 0. The van der Waals surface area contributed by atoms with E-state index in [1.54, 1.807) is 0 Å². The summed E-state index contributed by atoms with van der Waals surface area (Å²) in [5.74, 6) is 0. The Kier molecular flexibility index (Phi) is 7.26. The molecule has 0 radical (unpaired) electrons. The molecule has 2 nitrogen and oxygen atoms in total. The Bertz CT molecular complexity index is 99.7. The fraction of sp³-hybridized carbons (Fsp3) is 0.778. The van der Waals surface area contributed by atoms with Gasteiger partial charge in [-0.15, -0.1) is 0 Å². The number of rotatable bonds is 6. The predicted octanol–water partition coefficient (Wildman–Crippen LogP) is 1.45. The van der Waals surface area contributed by atoms with E-state index in [1.807, 2.05) is 19.2 Å². The van der Waals surface area contributed by atoms with E-state index in [1.165, 1.54) is 13.0 Å². The third kappa shape index (κ3) is 7.40. The van der Waals surface area contributed by atoms with E-state index in [-0.39, 0.29) is 0 Å². The van der Waals surface area contributed by atoms with Crippen LogP contribution in [-0.4, -0.2) is 31.6 Å². The lowest BCUT2D eigenvalue weighted by molar-refractivity contribution is 0.347. The lowest BCUT2D eigenvalue weighted by Gasteiger charge is -2.12. The molecule has 0 fully saturated rings. The molecule has 0 heterocycles. The van der Waals surface area contributed by atoms with Crippen molar-refractivity contribution >= 4 is 0 Å². The Morgan fingerprint density at radius 2 is 2.18 bits per heavy atom. The van der Waals surface area contributed by atoms with Crippen LogP contribution in [0.15, 0.2) is 12.3 Å². The number of allylic oxidation sites excluding steroid dienone is 1. The minimum atomic E-state index is 1.08. The van der Waals surface area contributed by atoms with Crippen molar-refractivity contribution < 1.29 is 0 Å². The molecule has 0 bridgehead atoms. The zero-order valence-corrected chi connectivity index (χ0v) is 7.93. The fourth-order valence-corrected chi connectivity index (χ4v) is 0.810. The number of hydrogen-bond donors (Lipinski definition) is 1. The number of hydrogen-bond acceptors (Lipinski definition) is 2. The van der Waals surface area contributed by atoms with Crippen molar-refractivity contribution in [1.82, 2.24) is 10.2 Å². The Labute approximate surface area is 70.3 Å². The van der Waals surface area contributed by atoms with Crippen LogP contribution in [0.2, 0.25) is 0 Å². The first-order valence-corrected chi connectivity index (χ1v) is 4.34. The summed E-state index contributed by atoms with van der Waals surface area (Å²) < 4.78 is 0. The third-order valence-corrected chi connectivity index (χ3v) is 1.69. The van der Waals surface area contributed by atoms with E-state index < -0.39 is 0 Å². The third-order valence-electron chi connectivity index (χ3n) is 1.69. The van der Waals surface area contributed by atoms with Gasteiger partial charge in [-0.1, -0.05) is 13.0 Å². The van der Waals surface area contributed by atoms with Crippen molar-refractivity contribution in [2.24, 2.45) is 0 Å². The maximum Gasteiger partial charge on any atom is 0.0153 e. The average Bonchev–Trinajstić information content (AvgIpc) is 2.04. The summed E-state index contributed by atoms with van der Waals surface area (Å²) in [6.07, 6.45) is 5.23. The molecule has 0 saturated heterocycles. The Balaban J connectivity index is 3.01. The molecule has 0 aromatic rings. The monoisotopic (exact) mass is 156 g/mol. The second kappa shape index (κ2) is 7.61. The molecule has 66 valence electrons. The van der Waals surface area contributed by atoms with Gasteiger partial charge in [-0.3, -0.25) is 0 Å². The van der Waals surface area contributed by atoms with E-state index in [0.29, 0.717) is 0 Å². The van der Waals surface area contributed by atoms with E-state index >= 15 is 0 Å². The van der Waals surface area contributed by atoms with Gasteiger partial charge in [-0.05, 0) is 39.7 Å². The van der Waals surface area contributed by atoms with Crippen LogP contribution in [0.4, 0.5) is 0 Å². The molecule has 0 unspecified atom stereocenters. The highest BCUT2D eigenvalue weighted by Gasteiger charge is 1.91. The molecule has 2 heteroatoms. The zero-order valence-electron chi connectivity index (χ0n) is 7.93. The van der Waals surface area contributed by atoms with Crippen LogP contribution in [0, 0.1) is 0 Å². The summed E-state index contributed by atoms with van der Waals surface area (Å²) in [6, 6.07) is 0. The average molecular weight is 156 g/mol. The summed E-state index contributed by atoms with van der Waals surface area (Å²) in [7, 11) is 2.15. The van der Waals surface area contributed by atoms with E-state index in [2.05, 4.69) is 24.2 Å². The van der Waals surface area contributed by atoms with Gasteiger partial charge < -0.3 is 10.2 Å². The van der Waals surface area contributed by atoms with Gasteiger partial charge in [0.05, 0.1) is 0 Å². The minimum Gasteiger partial charge on any atom is -0.391 e. The lowest BCUT2D eigenvalue weighted by atomic mass is 10.4. The number of nitrogens with zero attached hydrogens (tertiary/aromatic N) is 1. The zero-order chi connectivity index (χ0) is 8.53. The van der Waals surface area contributed by atoms with Gasteiger partial charge in [-0.2, -0.15) is 0 Å². The molecule has 0 aliphatic carbocycles. The van der Waals surface area contributed by atoms with Crippen LogP contribution < -0.4 is 5.32 Å². The van der Waals surface area contributed by atoms with Crippen LogP contribution in [0.1, 0.15) is 20.3 Å². The molecule has 0 aromatic carbocycles. The molecule has 0 saturated carbocycles. The van der Waals surface area contributed by atoms with Crippen molar-refractivity contribution in [3.05, 3.63) is 12.3 Å². The van der Waals surface area contributed by atoms with Gasteiger partial charge in [0, 0.05) is 6.54 Å². The highest BCUT2D eigenvalue weighted by atomic mass is 15.1. The molecule has 0 aromatic heterocycles. The van der Waals surface area contributed by atoms with Gasteiger partial charge in [-0.25, -0.2) is 0 Å². The van der Waals surface area contributed by atoms with Crippen LogP contribution in [0.5, 0.6) is 0 Å². The highest BCUT2D eigenvalue weighted by Crippen LogP contribution is 1.84. The second-order valence-electron chi connectivity index (χ2n) is 2.70. The molecule has 0 amide bonds. The Hall–Kier alpha value is -0.500. The van der Waals surface area contributed by atoms with Crippen LogP contribution in [0.25, 0.3) is 0 Å². The summed E-state index contributed by atoms with van der Waals surface area (Å²) >= 11 is 0. The van der Waals surface area contributed by atoms with E-state index in [0.717, 1.165) is 13.1 Å². The summed E-state index contributed by atoms with van der Waals surface area (Å²) in [4.78, 5) is 2.32. The molecule has 0 spiro atoms. The Morgan fingerprint density at radius 1 is 1.45 bits per heavy atom. The molecule has 0 aliphatic heterocycles. The van der Waals surface area contributed by atoms with Crippen molar-refractivity contribution in [3.8, 4) is 0 Å². The van der Waals surface area contributed by atoms with Crippen LogP contribution in [0.3, 0.4) is 0 Å². The first-order chi connectivity index (χ1) is 5.31. The van der Waals surface area contributed by atoms with Gasteiger partial charge in [0.15, 0.2) is 0 Å². The second-order valence-corrected chi connectivity index (χ2v) is 2.70. The molecular formula is C9H20N2. The quantitative estimate of drug-likeness (QED) is 0.586. The Morgan fingerprint density at radius 3 is 2.73 bits per heavy atom. The standard InChI is InChI=1S/C9H20N2/c1-4-7-10-8-6-9-11(3)5-2/h4,7,10H,5-6,8-9H2,1-3H3/b7-4+. The SMILES string of the molecule is C/C=C/NCCCN(C)CC. The van der Waals surface area contributed by atoms with Crippen molar-refractivity contribution in [2.45, 2.75) is 20.3 Å². The predicted molar refractivity (Wildman–Crippen MR) is 50.6 cm³/mol. The normalized spacial score (nSPS) is 11.3. The minimum absolute atomic E-state index is 1.08. The highest BCUT2D eigenvalue weighted by molar-refractivity contribution is 4.73. The first kappa shape index (κ1) is 10.5. The summed E-state index contributed by atoms with van der Waals surface area (Å²) in [5, 5.41) is 3.21. The van der Waals surface area contributed by atoms with Crippen molar-refractivity contribution in [2.75, 3.05) is 26.7 Å². The smallest absolute Gasteiger partial charge is 0.0153 e. The molecule has 11 heavy (non-hydrogen) atoms. The van der Waals surface area contributed by atoms with Gasteiger partial charge in [0.2, 0.25) is 0 Å².